The number of rotatable bonds is 5. The van der Waals surface area contributed by atoms with Crippen molar-refractivity contribution in [3.63, 3.8) is 0 Å². The molecule has 19 heavy (non-hydrogen) atoms. The van der Waals surface area contributed by atoms with E-state index in [0.29, 0.717) is 5.69 Å². The molecule has 2 rings (SSSR count). The van der Waals surface area contributed by atoms with Crippen molar-refractivity contribution < 1.29 is 8.42 Å². The molecule has 2 heterocycles. The molecule has 0 saturated heterocycles. The van der Waals surface area contributed by atoms with Gasteiger partial charge in [-0.15, -0.1) is 0 Å². The van der Waals surface area contributed by atoms with Gasteiger partial charge in [0.15, 0.2) is 0 Å². The lowest BCUT2D eigenvalue weighted by atomic mass is 10.2. The molecule has 6 nitrogen and oxygen atoms in total. The predicted octanol–water partition coefficient (Wildman–Crippen LogP) is 0.655. The van der Waals surface area contributed by atoms with Gasteiger partial charge in [0.2, 0.25) is 10.0 Å². The van der Waals surface area contributed by atoms with Crippen LogP contribution in [-0.4, -0.2) is 18.4 Å². The largest absolute Gasteiger partial charge is 0.363 e. The number of H-pyrrole nitrogens is 1. The van der Waals surface area contributed by atoms with Gasteiger partial charge in [-0.2, -0.15) is 0 Å². The molecule has 0 bridgehead atoms. The first-order valence-corrected chi connectivity index (χ1v) is 7.28. The van der Waals surface area contributed by atoms with Gasteiger partial charge < -0.3 is 10.7 Å². The van der Waals surface area contributed by atoms with Gasteiger partial charge in [-0.3, -0.25) is 4.98 Å². The summed E-state index contributed by atoms with van der Waals surface area (Å²) >= 11 is 0. The fourth-order valence-corrected chi connectivity index (χ4v) is 2.67. The van der Waals surface area contributed by atoms with Crippen LogP contribution >= 0.6 is 0 Å². The Morgan fingerprint density at radius 2 is 2.26 bits per heavy atom. The summed E-state index contributed by atoms with van der Waals surface area (Å²) in [7, 11) is -3.52. The third-order valence-electron chi connectivity index (χ3n) is 2.84. The Hall–Kier alpha value is -1.70. The summed E-state index contributed by atoms with van der Waals surface area (Å²) in [6.07, 6.45) is 4.77. The number of hydrogen-bond donors (Lipinski definition) is 3. The Balaban J connectivity index is 2.12. The van der Waals surface area contributed by atoms with Gasteiger partial charge in [-0.1, -0.05) is 0 Å². The summed E-state index contributed by atoms with van der Waals surface area (Å²) in [5.74, 6) is 0. The number of aryl methyl sites for hydroxylation is 1. The monoisotopic (exact) mass is 280 g/mol. The molecule has 0 unspecified atom stereocenters. The summed E-state index contributed by atoms with van der Waals surface area (Å²) < 4.78 is 26.7. The Bertz CT molecular complexity index is 664. The van der Waals surface area contributed by atoms with Gasteiger partial charge in [0, 0.05) is 37.4 Å². The highest BCUT2D eigenvalue weighted by Crippen LogP contribution is 2.12. The van der Waals surface area contributed by atoms with Crippen molar-refractivity contribution in [3.8, 4) is 0 Å². The van der Waals surface area contributed by atoms with E-state index < -0.39 is 10.0 Å². The SMILES string of the molecule is Cc1cnccc1CNS(=O)(=O)c1c[nH]c(CN)c1. The summed E-state index contributed by atoms with van der Waals surface area (Å²) in [4.78, 5) is 6.98. The molecule has 0 fully saturated rings. The van der Waals surface area contributed by atoms with Crippen LogP contribution in [0.25, 0.3) is 0 Å². The lowest BCUT2D eigenvalue weighted by molar-refractivity contribution is 0.581. The second-order valence-electron chi connectivity index (χ2n) is 4.19. The third kappa shape index (κ3) is 3.19. The van der Waals surface area contributed by atoms with Gasteiger partial charge in [-0.25, -0.2) is 13.1 Å². The molecule has 0 radical (unpaired) electrons. The van der Waals surface area contributed by atoms with Gasteiger partial charge in [0.25, 0.3) is 0 Å². The number of hydrogen-bond acceptors (Lipinski definition) is 4. The van der Waals surface area contributed by atoms with Gasteiger partial charge >= 0.3 is 0 Å². The number of nitrogens with one attached hydrogen (secondary N) is 2. The molecule has 4 N–H and O–H groups in total. The number of pyridine rings is 1. The smallest absolute Gasteiger partial charge is 0.242 e. The fraction of sp³-hybridized carbons (Fsp3) is 0.250. The van der Waals surface area contributed by atoms with Crippen molar-refractivity contribution >= 4 is 10.0 Å². The number of aromatic nitrogens is 2. The summed E-state index contributed by atoms with van der Waals surface area (Å²) in [5.41, 5.74) is 7.96. The van der Waals surface area contributed by atoms with E-state index in [1.807, 2.05) is 6.92 Å². The van der Waals surface area contributed by atoms with E-state index in [0.717, 1.165) is 11.1 Å². The number of nitrogens with two attached hydrogens (primary N) is 1. The molecule has 2 aromatic heterocycles. The van der Waals surface area contributed by atoms with Crippen LogP contribution in [0.4, 0.5) is 0 Å². The van der Waals surface area contributed by atoms with Crippen LogP contribution in [0.2, 0.25) is 0 Å². The Labute approximate surface area is 112 Å². The molecule has 0 aliphatic heterocycles. The van der Waals surface area contributed by atoms with Crippen LogP contribution in [0.3, 0.4) is 0 Å². The van der Waals surface area contributed by atoms with E-state index >= 15 is 0 Å². The van der Waals surface area contributed by atoms with E-state index in [1.54, 1.807) is 18.5 Å². The molecule has 0 atom stereocenters. The first-order valence-electron chi connectivity index (χ1n) is 5.79. The number of sulfonamides is 1. The molecule has 102 valence electrons. The second kappa shape index (κ2) is 5.52. The lowest BCUT2D eigenvalue weighted by Gasteiger charge is -2.07. The maximum atomic E-state index is 12.1. The van der Waals surface area contributed by atoms with Crippen LogP contribution in [0.5, 0.6) is 0 Å². The van der Waals surface area contributed by atoms with Crippen LogP contribution < -0.4 is 10.5 Å². The minimum Gasteiger partial charge on any atom is -0.363 e. The molecule has 0 aliphatic carbocycles. The van der Waals surface area contributed by atoms with Crippen molar-refractivity contribution in [2.45, 2.75) is 24.9 Å². The Morgan fingerprint density at radius 1 is 1.47 bits per heavy atom. The van der Waals surface area contributed by atoms with Crippen LogP contribution in [-0.2, 0) is 23.1 Å². The summed E-state index contributed by atoms with van der Waals surface area (Å²) in [6, 6.07) is 3.32. The zero-order valence-electron chi connectivity index (χ0n) is 10.6. The van der Waals surface area contributed by atoms with Gasteiger partial charge in [-0.05, 0) is 30.2 Å². The zero-order valence-corrected chi connectivity index (χ0v) is 11.4. The molecular weight excluding hydrogens is 264 g/mol. The average Bonchev–Trinajstić information content (AvgIpc) is 2.87. The molecule has 0 aliphatic rings. The maximum Gasteiger partial charge on any atom is 0.242 e. The Morgan fingerprint density at radius 3 is 2.89 bits per heavy atom. The lowest BCUT2D eigenvalue weighted by Crippen LogP contribution is -2.23. The minimum atomic E-state index is -3.52. The van der Waals surface area contributed by atoms with E-state index in [4.69, 9.17) is 5.73 Å². The molecule has 2 aromatic rings. The highest BCUT2D eigenvalue weighted by molar-refractivity contribution is 7.89. The van der Waals surface area contributed by atoms with Crippen LogP contribution in [0, 0.1) is 6.92 Å². The highest BCUT2D eigenvalue weighted by Gasteiger charge is 2.15. The first-order chi connectivity index (χ1) is 9.03. The fourth-order valence-electron chi connectivity index (χ4n) is 1.65. The Kier molecular flexibility index (Phi) is 3.98. The summed E-state index contributed by atoms with van der Waals surface area (Å²) in [6.45, 7) is 2.40. The summed E-state index contributed by atoms with van der Waals surface area (Å²) in [5, 5.41) is 0. The number of nitrogens with zero attached hydrogens (tertiary/aromatic N) is 1. The highest BCUT2D eigenvalue weighted by atomic mass is 32.2. The van der Waals surface area contributed by atoms with Crippen molar-refractivity contribution in [1.82, 2.24) is 14.7 Å². The second-order valence-corrected chi connectivity index (χ2v) is 5.96. The van der Waals surface area contributed by atoms with E-state index in [9.17, 15) is 8.42 Å². The molecule has 7 heteroatoms. The van der Waals surface area contributed by atoms with Crippen molar-refractivity contribution in [2.75, 3.05) is 0 Å². The van der Waals surface area contributed by atoms with Crippen molar-refractivity contribution in [2.24, 2.45) is 5.73 Å². The molecular formula is C12H16N4O2S. The zero-order chi connectivity index (χ0) is 13.9. The topological polar surface area (TPSA) is 101 Å². The van der Waals surface area contributed by atoms with Crippen LogP contribution in [0.15, 0.2) is 35.6 Å². The third-order valence-corrected chi connectivity index (χ3v) is 4.22. The van der Waals surface area contributed by atoms with E-state index in [2.05, 4.69) is 14.7 Å². The van der Waals surface area contributed by atoms with Crippen LogP contribution in [0.1, 0.15) is 16.8 Å². The average molecular weight is 280 g/mol. The van der Waals surface area contributed by atoms with E-state index in [1.165, 1.54) is 12.3 Å². The van der Waals surface area contributed by atoms with Crippen molar-refractivity contribution in [3.05, 3.63) is 47.5 Å². The minimum absolute atomic E-state index is 0.194. The molecule has 0 spiro atoms. The maximum absolute atomic E-state index is 12.1. The van der Waals surface area contributed by atoms with Crippen molar-refractivity contribution in [1.29, 1.82) is 0 Å². The quantitative estimate of drug-likeness (QED) is 0.748. The van der Waals surface area contributed by atoms with Gasteiger partial charge in [0.05, 0.1) is 4.90 Å². The normalized spacial score (nSPS) is 11.7. The first kappa shape index (κ1) is 13.7. The predicted molar refractivity (Wildman–Crippen MR) is 71.7 cm³/mol. The molecule has 0 amide bonds. The van der Waals surface area contributed by atoms with E-state index in [-0.39, 0.29) is 18.0 Å². The standard InChI is InChI=1S/C12H16N4O2S/c1-9-6-14-3-2-10(9)7-16-19(17,18)12-4-11(5-13)15-8-12/h2-4,6,8,15-16H,5,7,13H2,1H3. The molecule has 0 aromatic carbocycles. The van der Waals surface area contributed by atoms with Gasteiger partial charge in [0.1, 0.15) is 0 Å². The number of aromatic amines is 1. The molecule has 0 saturated carbocycles.